The summed E-state index contributed by atoms with van der Waals surface area (Å²) in [6.07, 6.45) is -4.73. The fourth-order valence-electron chi connectivity index (χ4n) is 2.93. The highest BCUT2D eigenvalue weighted by Gasteiger charge is 2.33. The molecule has 2 aromatic heterocycles. The SMILES string of the molecule is Cc1cc(-c2c(OCCNS(N)(=O)=O)nc(N)nc2-c2ccc(F)cc2)cc(C(F)(F)F)n1. The van der Waals surface area contributed by atoms with Crippen LogP contribution in [0.1, 0.15) is 11.4 Å². The molecule has 0 atom stereocenters. The first-order chi connectivity index (χ1) is 15.3. The Kier molecular flexibility index (Phi) is 6.81. The van der Waals surface area contributed by atoms with E-state index < -0.39 is 27.9 Å². The number of alkyl halides is 3. The Hall–Kier alpha value is -3.36. The summed E-state index contributed by atoms with van der Waals surface area (Å²) in [6, 6.07) is 7.19. The van der Waals surface area contributed by atoms with E-state index in [-0.39, 0.29) is 47.5 Å². The van der Waals surface area contributed by atoms with Gasteiger partial charge in [-0.15, -0.1) is 0 Å². The molecule has 0 saturated carbocycles. The van der Waals surface area contributed by atoms with Crippen LogP contribution in [-0.2, 0) is 16.4 Å². The van der Waals surface area contributed by atoms with E-state index in [0.29, 0.717) is 5.56 Å². The van der Waals surface area contributed by atoms with E-state index in [1.165, 1.54) is 25.1 Å². The van der Waals surface area contributed by atoms with Gasteiger partial charge in [0.05, 0.1) is 11.3 Å². The van der Waals surface area contributed by atoms with E-state index in [0.717, 1.165) is 18.2 Å². The number of anilines is 1. The molecule has 9 nitrogen and oxygen atoms in total. The second kappa shape index (κ2) is 9.25. The van der Waals surface area contributed by atoms with Gasteiger partial charge in [-0.05, 0) is 48.9 Å². The van der Waals surface area contributed by atoms with Crippen molar-refractivity contribution in [2.75, 3.05) is 18.9 Å². The second-order valence-corrected chi connectivity index (χ2v) is 8.16. The lowest BCUT2D eigenvalue weighted by Crippen LogP contribution is -2.34. The van der Waals surface area contributed by atoms with Crippen molar-refractivity contribution in [3.05, 3.63) is 53.6 Å². The van der Waals surface area contributed by atoms with Crippen molar-refractivity contribution in [3.8, 4) is 28.3 Å². The van der Waals surface area contributed by atoms with Gasteiger partial charge >= 0.3 is 6.18 Å². The molecule has 0 aliphatic carbocycles. The van der Waals surface area contributed by atoms with E-state index in [1.807, 2.05) is 4.72 Å². The van der Waals surface area contributed by atoms with Crippen LogP contribution < -0.4 is 20.3 Å². The van der Waals surface area contributed by atoms with Gasteiger partial charge in [0.15, 0.2) is 0 Å². The van der Waals surface area contributed by atoms with Crippen molar-refractivity contribution in [2.24, 2.45) is 5.14 Å². The number of aryl methyl sites for hydroxylation is 1. The van der Waals surface area contributed by atoms with Gasteiger partial charge in [-0.3, -0.25) is 0 Å². The Balaban J connectivity index is 2.18. The molecule has 33 heavy (non-hydrogen) atoms. The first kappa shape index (κ1) is 24.3. The van der Waals surface area contributed by atoms with E-state index in [9.17, 15) is 26.0 Å². The molecule has 0 aliphatic rings. The number of nitrogens with zero attached hydrogens (tertiary/aromatic N) is 3. The zero-order chi connectivity index (χ0) is 24.4. The summed E-state index contributed by atoms with van der Waals surface area (Å²) in [5, 5.41) is 4.86. The molecule has 0 saturated heterocycles. The van der Waals surface area contributed by atoms with Crippen molar-refractivity contribution in [1.29, 1.82) is 0 Å². The molecule has 0 bridgehead atoms. The number of ether oxygens (including phenoxy) is 1. The van der Waals surface area contributed by atoms with Crippen LogP contribution in [-0.4, -0.2) is 36.5 Å². The predicted molar refractivity (Wildman–Crippen MR) is 111 cm³/mol. The Bertz CT molecular complexity index is 1270. The second-order valence-electron chi connectivity index (χ2n) is 6.79. The maximum absolute atomic E-state index is 13.4. The molecule has 0 amide bonds. The van der Waals surface area contributed by atoms with Crippen LogP contribution >= 0.6 is 0 Å². The number of aromatic nitrogens is 3. The number of hydrogen-bond donors (Lipinski definition) is 3. The summed E-state index contributed by atoms with van der Waals surface area (Å²) in [6.45, 7) is 0.848. The van der Waals surface area contributed by atoms with Gasteiger partial charge in [-0.25, -0.2) is 19.5 Å². The number of hydrogen-bond acceptors (Lipinski definition) is 7. The van der Waals surface area contributed by atoms with Crippen LogP contribution in [0.25, 0.3) is 22.4 Å². The predicted octanol–water partition coefficient (Wildman–Crippen LogP) is 2.43. The standard InChI is InChI=1S/C19H18F4N6O3S/c1-10-8-12(9-14(27-10)19(21,22)23)15-16(11-2-4-13(20)5-3-11)28-18(24)29-17(15)32-7-6-26-33(25,30)31/h2-5,8-9,26H,6-7H2,1H3,(H2,24,28,29)(H2,25,30,31). The summed E-state index contributed by atoms with van der Waals surface area (Å²) < 4.78 is 83.2. The number of nitrogens with one attached hydrogen (secondary N) is 1. The lowest BCUT2D eigenvalue weighted by molar-refractivity contribution is -0.141. The van der Waals surface area contributed by atoms with E-state index >= 15 is 0 Å². The Labute approximate surface area is 186 Å². The Morgan fingerprint density at radius 2 is 1.73 bits per heavy atom. The lowest BCUT2D eigenvalue weighted by Gasteiger charge is -2.17. The first-order valence-corrected chi connectivity index (χ1v) is 10.8. The van der Waals surface area contributed by atoms with Crippen molar-refractivity contribution in [2.45, 2.75) is 13.1 Å². The third-order valence-electron chi connectivity index (χ3n) is 4.19. The number of halogens is 4. The van der Waals surface area contributed by atoms with Gasteiger partial charge in [0, 0.05) is 17.8 Å². The van der Waals surface area contributed by atoms with Gasteiger partial charge < -0.3 is 10.5 Å². The van der Waals surface area contributed by atoms with E-state index in [1.54, 1.807) is 0 Å². The molecule has 14 heteroatoms. The number of rotatable bonds is 7. The summed E-state index contributed by atoms with van der Waals surface area (Å²) in [7, 11) is -3.99. The summed E-state index contributed by atoms with van der Waals surface area (Å²) in [5.74, 6) is -1.02. The monoisotopic (exact) mass is 486 g/mol. The normalized spacial score (nSPS) is 12.1. The molecular formula is C19H18F4N6O3S. The molecule has 1 aromatic carbocycles. The molecule has 0 radical (unpaired) electrons. The van der Waals surface area contributed by atoms with Crippen LogP contribution in [0.2, 0.25) is 0 Å². The molecule has 176 valence electrons. The minimum absolute atomic E-state index is 0.0172. The first-order valence-electron chi connectivity index (χ1n) is 9.23. The maximum atomic E-state index is 13.4. The summed E-state index contributed by atoms with van der Waals surface area (Å²) >= 11 is 0. The highest BCUT2D eigenvalue weighted by Crippen LogP contribution is 2.40. The highest BCUT2D eigenvalue weighted by atomic mass is 32.2. The minimum atomic E-state index is -4.73. The van der Waals surface area contributed by atoms with Crippen molar-refractivity contribution in [3.63, 3.8) is 0 Å². The third-order valence-corrected chi connectivity index (χ3v) is 4.79. The van der Waals surface area contributed by atoms with Crippen LogP contribution in [0, 0.1) is 12.7 Å². The average Bonchev–Trinajstić information content (AvgIpc) is 2.69. The molecule has 3 aromatic rings. The van der Waals surface area contributed by atoms with Crippen molar-refractivity contribution >= 4 is 16.2 Å². The van der Waals surface area contributed by atoms with E-state index in [2.05, 4.69) is 15.0 Å². The Morgan fingerprint density at radius 1 is 1.06 bits per heavy atom. The molecule has 0 aliphatic heterocycles. The maximum Gasteiger partial charge on any atom is 0.433 e. The van der Waals surface area contributed by atoms with Gasteiger partial charge in [0.1, 0.15) is 18.1 Å². The Morgan fingerprint density at radius 3 is 2.33 bits per heavy atom. The van der Waals surface area contributed by atoms with E-state index in [4.69, 9.17) is 15.6 Å². The molecule has 3 rings (SSSR count). The van der Waals surface area contributed by atoms with Crippen molar-refractivity contribution in [1.82, 2.24) is 19.7 Å². The molecule has 0 fully saturated rings. The molecule has 0 unspecified atom stereocenters. The lowest BCUT2D eigenvalue weighted by atomic mass is 9.99. The molecule has 5 N–H and O–H groups in total. The van der Waals surface area contributed by atoms with Crippen LogP contribution in [0.3, 0.4) is 0 Å². The topological polar surface area (TPSA) is 146 Å². The third kappa shape index (κ3) is 6.34. The fraction of sp³-hybridized carbons (Fsp3) is 0.211. The van der Waals surface area contributed by atoms with Gasteiger partial charge in [0.25, 0.3) is 10.2 Å². The molecule has 0 spiro atoms. The van der Waals surface area contributed by atoms with Gasteiger partial charge in [-0.1, -0.05) is 0 Å². The number of nitrogen functional groups attached to an aromatic ring is 1. The van der Waals surface area contributed by atoms with Crippen LogP contribution in [0.5, 0.6) is 5.88 Å². The van der Waals surface area contributed by atoms with Crippen LogP contribution in [0.15, 0.2) is 36.4 Å². The van der Waals surface area contributed by atoms with Gasteiger partial charge in [-0.2, -0.15) is 31.3 Å². The summed E-state index contributed by atoms with van der Waals surface area (Å²) in [4.78, 5) is 11.6. The van der Waals surface area contributed by atoms with Crippen LogP contribution in [0.4, 0.5) is 23.5 Å². The quantitative estimate of drug-likeness (QED) is 0.343. The zero-order valence-corrected chi connectivity index (χ0v) is 17.8. The number of nitrogens with two attached hydrogens (primary N) is 2. The number of pyridine rings is 1. The highest BCUT2D eigenvalue weighted by molar-refractivity contribution is 7.87. The molecular weight excluding hydrogens is 468 g/mol. The van der Waals surface area contributed by atoms with Crippen molar-refractivity contribution < 1.29 is 30.7 Å². The fourth-order valence-corrected chi connectivity index (χ4v) is 3.30. The number of benzene rings is 1. The largest absolute Gasteiger partial charge is 0.476 e. The minimum Gasteiger partial charge on any atom is -0.476 e. The molecule has 2 heterocycles. The van der Waals surface area contributed by atoms with Gasteiger partial charge in [0.2, 0.25) is 11.8 Å². The zero-order valence-electron chi connectivity index (χ0n) is 17.0. The average molecular weight is 486 g/mol. The smallest absolute Gasteiger partial charge is 0.433 e. The summed E-state index contributed by atoms with van der Waals surface area (Å²) in [5.41, 5.74) is 5.14.